The molecule has 3 heteroatoms. The standard InChI is InChI=1S/C9H10ClNO/c1-6-4-7(11)5-9(10)8(6)2-3-12/h3-5H,2,11H2,1H3. The van der Waals surface area contributed by atoms with E-state index in [1.807, 2.05) is 13.0 Å². The Kier molecular flexibility index (Phi) is 2.71. The largest absolute Gasteiger partial charge is 0.399 e. The van der Waals surface area contributed by atoms with Crippen LogP contribution in [0.15, 0.2) is 12.1 Å². The van der Waals surface area contributed by atoms with Crippen molar-refractivity contribution in [2.45, 2.75) is 13.3 Å². The van der Waals surface area contributed by atoms with Crippen LogP contribution in [0.4, 0.5) is 5.69 Å². The number of anilines is 1. The number of nitrogens with two attached hydrogens (primary N) is 1. The van der Waals surface area contributed by atoms with Gasteiger partial charge in [-0.05, 0) is 30.2 Å². The van der Waals surface area contributed by atoms with Crippen LogP contribution < -0.4 is 5.73 Å². The highest BCUT2D eigenvalue weighted by molar-refractivity contribution is 6.31. The molecule has 64 valence electrons. The lowest BCUT2D eigenvalue weighted by Crippen LogP contribution is -1.94. The predicted molar refractivity (Wildman–Crippen MR) is 50.4 cm³/mol. The topological polar surface area (TPSA) is 43.1 Å². The van der Waals surface area contributed by atoms with Crippen LogP contribution in [0.1, 0.15) is 11.1 Å². The highest BCUT2D eigenvalue weighted by atomic mass is 35.5. The van der Waals surface area contributed by atoms with Crippen LogP contribution in [0, 0.1) is 6.92 Å². The van der Waals surface area contributed by atoms with Gasteiger partial charge in [-0.2, -0.15) is 0 Å². The second kappa shape index (κ2) is 3.59. The lowest BCUT2D eigenvalue weighted by atomic mass is 10.1. The highest BCUT2D eigenvalue weighted by Gasteiger charge is 2.03. The van der Waals surface area contributed by atoms with Gasteiger partial charge in [0.2, 0.25) is 0 Å². The van der Waals surface area contributed by atoms with Crippen LogP contribution in [0.5, 0.6) is 0 Å². The van der Waals surface area contributed by atoms with Crippen molar-refractivity contribution in [3.05, 3.63) is 28.3 Å². The van der Waals surface area contributed by atoms with E-state index in [9.17, 15) is 4.79 Å². The first-order chi connectivity index (χ1) is 5.65. The molecule has 0 spiro atoms. The number of aryl methyl sites for hydroxylation is 1. The van der Waals surface area contributed by atoms with Gasteiger partial charge in [-0.3, -0.25) is 0 Å². The van der Waals surface area contributed by atoms with Crippen molar-refractivity contribution >= 4 is 23.6 Å². The Morgan fingerprint density at radius 3 is 2.75 bits per heavy atom. The molecule has 0 saturated carbocycles. The first-order valence-electron chi connectivity index (χ1n) is 3.63. The fourth-order valence-electron chi connectivity index (χ4n) is 1.14. The van der Waals surface area contributed by atoms with Gasteiger partial charge in [0, 0.05) is 17.1 Å². The smallest absolute Gasteiger partial charge is 0.124 e. The zero-order chi connectivity index (χ0) is 9.14. The lowest BCUT2D eigenvalue weighted by Gasteiger charge is -2.05. The van der Waals surface area contributed by atoms with E-state index >= 15 is 0 Å². The summed E-state index contributed by atoms with van der Waals surface area (Å²) in [5.74, 6) is 0. The minimum atomic E-state index is 0.352. The number of hydrogen-bond donors (Lipinski definition) is 1. The summed E-state index contributed by atoms with van der Waals surface area (Å²) in [6.45, 7) is 1.89. The molecule has 0 aliphatic heterocycles. The first-order valence-corrected chi connectivity index (χ1v) is 4.01. The van der Waals surface area contributed by atoms with Crippen molar-refractivity contribution in [3.63, 3.8) is 0 Å². The first kappa shape index (κ1) is 9.07. The number of hydrogen-bond acceptors (Lipinski definition) is 2. The van der Waals surface area contributed by atoms with E-state index in [-0.39, 0.29) is 0 Å². The number of carbonyl (C=O) groups excluding carboxylic acids is 1. The molecule has 0 radical (unpaired) electrons. The van der Waals surface area contributed by atoms with Crippen molar-refractivity contribution in [1.82, 2.24) is 0 Å². The Labute approximate surface area is 76.3 Å². The molecule has 1 aromatic rings. The Bertz CT molecular complexity index is 286. The predicted octanol–water partition coefficient (Wildman–Crippen LogP) is 1.97. The molecule has 0 amide bonds. The molecule has 1 rings (SSSR count). The number of halogens is 1. The molecule has 12 heavy (non-hydrogen) atoms. The molecular formula is C9H10ClNO. The Morgan fingerprint density at radius 2 is 2.25 bits per heavy atom. The van der Waals surface area contributed by atoms with Crippen molar-refractivity contribution < 1.29 is 4.79 Å². The minimum absolute atomic E-state index is 0.352. The molecular weight excluding hydrogens is 174 g/mol. The molecule has 2 nitrogen and oxygen atoms in total. The van der Waals surface area contributed by atoms with Gasteiger partial charge in [0.25, 0.3) is 0 Å². The summed E-state index contributed by atoms with van der Waals surface area (Å²) in [6.07, 6.45) is 1.19. The molecule has 1 aromatic carbocycles. The van der Waals surface area contributed by atoms with Crippen LogP contribution >= 0.6 is 11.6 Å². The third-order valence-electron chi connectivity index (χ3n) is 1.73. The maximum atomic E-state index is 10.3. The fourth-order valence-corrected chi connectivity index (χ4v) is 1.49. The summed E-state index contributed by atoms with van der Waals surface area (Å²) in [7, 11) is 0. The maximum Gasteiger partial charge on any atom is 0.124 e. The summed E-state index contributed by atoms with van der Waals surface area (Å²) in [5.41, 5.74) is 8.01. The number of benzene rings is 1. The summed E-state index contributed by atoms with van der Waals surface area (Å²) < 4.78 is 0. The second-order valence-corrected chi connectivity index (χ2v) is 3.08. The van der Waals surface area contributed by atoms with Crippen LogP contribution in [0.2, 0.25) is 5.02 Å². The molecule has 0 fully saturated rings. The monoisotopic (exact) mass is 183 g/mol. The molecule has 2 N–H and O–H groups in total. The number of carbonyl (C=O) groups is 1. The Balaban J connectivity index is 3.18. The number of nitrogen functional groups attached to an aromatic ring is 1. The zero-order valence-electron chi connectivity index (χ0n) is 6.80. The Hall–Kier alpha value is -1.02. The quantitative estimate of drug-likeness (QED) is 0.563. The van der Waals surface area contributed by atoms with Crippen molar-refractivity contribution in [3.8, 4) is 0 Å². The van der Waals surface area contributed by atoms with E-state index in [4.69, 9.17) is 17.3 Å². The van der Waals surface area contributed by atoms with Gasteiger partial charge < -0.3 is 10.5 Å². The maximum absolute atomic E-state index is 10.3. The summed E-state index contributed by atoms with van der Waals surface area (Å²) in [4.78, 5) is 10.3. The van der Waals surface area contributed by atoms with Gasteiger partial charge in [-0.1, -0.05) is 11.6 Å². The molecule has 0 atom stereocenters. The summed E-state index contributed by atoms with van der Waals surface area (Å²) >= 11 is 5.87. The van der Waals surface area contributed by atoms with Crippen LogP contribution in [-0.4, -0.2) is 6.29 Å². The van der Waals surface area contributed by atoms with E-state index in [1.54, 1.807) is 6.07 Å². The van der Waals surface area contributed by atoms with Crippen LogP contribution in [0.25, 0.3) is 0 Å². The summed E-state index contributed by atoms with van der Waals surface area (Å²) in [5, 5.41) is 0.569. The van der Waals surface area contributed by atoms with Gasteiger partial charge >= 0.3 is 0 Å². The van der Waals surface area contributed by atoms with Crippen LogP contribution in [0.3, 0.4) is 0 Å². The molecule has 0 unspecified atom stereocenters. The van der Waals surface area contributed by atoms with E-state index < -0.39 is 0 Å². The third kappa shape index (κ3) is 1.77. The summed E-state index contributed by atoms with van der Waals surface area (Å²) in [6, 6.07) is 3.47. The Morgan fingerprint density at radius 1 is 1.58 bits per heavy atom. The van der Waals surface area contributed by atoms with E-state index in [1.165, 1.54) is 0 Å². The zero-order valence-corrected chi connectivity index (χ0v) is 7.56. The molecule has 0 bridgehead atoms. The van der Waals surface area contributed by atoms with Gasteiger partial charge in [0.05, 0.1) is 0 Å². The fraction of sp³-hybridized carbons (Fsp3) is 0.222. The average Bonchev–Trinajstić information content (AvgIpc) is 1.96. The number of rotatable bonds is 2. The minimum Gasteiger partial charge on any atom is -0.399 e. The van der Waals surface area contributed by atoms with Crippen molar-refractivity contribution in [1.29, 1.82) is 0 Å². The van der Waals surface area contributed by atoms with Gasteiger partial charge in [0.15, 0.2) is 0 Å². The van der Waals surface area contributed by atoms with E-state index in [0.29, 0.717) is 17.1 Å². The normalized spacial score (nSPS) is 9.83. The van der Waals surface area contributed by atoms with Crippen molar-refractivity contribution in [2.75, 3.05) is 5.73 Å². The van der Waals surface area contributed by atoms with Gasteiger partial charge in [-0.15, -0.1) is 0 Å². The lowest BCUT2D eigenvalue weighted by molar-refractivity contribution is -0.107. The van der Waals surface area contributed by atoms with Crippen LogP contribution in [-0.2, 0) is 11.2 Å². The van der Waals surface area contributed by atoms with E-state index in [2.05, 4.69) is 0 Å². The van der Waals surface area contributed by atoms with E-state index in [0.717, 1.165) is 17.4 Å². The molecule has 0 aliphatic carbocycles. The highest BCUT2D eigenvalue weighted by Crippen LogP contribution is 2.23. The van der Waals surface area contributed by atoms with Gasteiger partial charge in [0.1, 0.15) is 6.29 Å². The molecule has 0 saturated heterocycles. The third-order valence-corrected chi connectivity index (χ3v) is 2.07. The number of aldehydes is 1. The molecule has 0 heterocycles. The second-order valence-electron chi connectivity index (χ2n) is 2.67. The molecule has 0 aliphatic rings. The molecule has 0 aromatic heterocycles. The SMILES string of the molecule is Cc1cc(N)cc(Cl)c1CC=O. The van der Waals surface area contributed by atoms with Crippen molar-refractivity contribution in [2.24, 2.45) is 0 Å². The van der Waals surface area contributed by atoms with Gasteiger partial charge in [-0.25, -0.2) is 0 Å². The average molecular weight is 184 g/mol.